The van der Waals surface area contributed by atoms with Crippen LogP contribution in [0.1, 0.15) is 59.3 Å². The Bertz CT molecular complexity index is 321. The molecule has 0 aliphatic heterocycles. The third-order valence-corrected chi connectivity index (χ3v) is 9.27. The van der Waals surface area contributed by atoms with E-state index >= 15 is 0 Å². The van der Waals surface area contributed by atoms with Gasteiger partial charge in [0.05, 0.1) is 6.10 Å². The molecule has 0 N–H and O–H groups in total. The van der Waals surface area contributed by atoms with Crippen LogP contribution in [0, 0.1) is 5.41 Å². The Labute approximate surface area is 142 Å². The van der Waals surface area contributed by atoms with Gasteiger partial charge in [-0.3, -0.25) is 0 Å². The van der Waals surface area contributed by atoms with Crippen LogP contribution in [0.4, 0.5) is 0 Å². The lowest BCUT2D eigenvalue weighted by atomic mass is 9.62. The highest BCUT2D eigenvalue weighted by molar-refractivity contribution is 9.09. The van der Waals surface area contributed by atoms with E-state index in [4.69, 9.17) is 4.74 Å². The fourth-order valence-electron chi connectivity index (χ4n) is 3.12. The molecule has 0 heterocycles. The zero-order valence-electron chi connectivity index (χ0n) is 14.8. The van der Waals surface area contributed by atoms with Crippen molar-refractivity contribution >= 4 is 24.7 Å². The first-order chi connectivity index (χ1) is 9.88. The zero-order chi connectivity index (χ0) is 15.9. The third kappa shape index (κ3) is 5.51. The van der Waals surface area contributed by atoms with Gasteiger partial charge in [0.2, 0.25) is 0 Å². The van der Waals surface area contributed by atoms with Gasteiger partial charge < -0.3 is 4.74 Å². The highest BCUT2D eigenvalue weighted by atomic mass is 79.9. The third-order valence-electron chi connectivity index (χ3n) is 5.61. The van der Waals surface area contributed by atoms with E-state index < -0.39 is 8.80 Å². The Morgan fingerprint density at radius 1 is 1.29 bits per heavy atom. The summed E-state index contributed by atoms with van der Waals surface area (Å²) in [4.78, 5) is 0. The first kappa shape index (κ1) is 19.4. The van der Waals surface area contributed by atoms with Crippen molar-refractivity contribution in [2.75, 3.05) is 11.9 Å². The minimum atomic E-state index is -0.683. The van der Waals surface area contributed by atoms with Crippen LogP contribution < -0.4 is 0 Å². The number of ether oxygens (including phenoxy) is 1. The maximum absolute atomic E-state index is 6.54. The summed E-state index contributed by atoms with van der Waals surface area (Å²) in [7, 11) is -0.683. The van der Waals surface area contributed by atoms with Crippen molar-refractivity contribution in [3.05, 3.63) is 12.2 Å². The summed E-state index contributed by atoms with van der Waals surface area (Å²) in [5.74, 6) is 0. The van der Waals surface area contributed by atoms with E-state index in [1.54, 1.807) is 0 Å². The molecule has 1 atom stereocenters. The summed E-state index contributed by atoms with van der Waals surface area (Å²) in [6.07, 6.45) is 12.8. The van der Waals surface area contributed by atoms with Gasteiger partial charge in [-0.05, 0) is 36.1 Å². The van der Waals surface area contributed by atoms with E-state index in [1.165, 1.54) is 32.1 Å². The Kier molecular flexibility index (Phi) is 8.22. The number of hydrogen-bond donors (Lipinski definition) is 0. The second kappa shape index (κ2) is 8.88. The van der Waals surface area contributed by atoms with Gasteiger partial charge in [-0.25, -0.2) is 0 Å². The molecular weight excluding hydrogens is 340 g/mol. The van der Waals surface area contributed by atoms with Crippen molar-refractivity contribution in [1.82, 2.24) is 0 Å². The standard InChI is InChI=1S/C18H35BrOSi/c1-6-11-18(12-9-13-18)16(10-7-8-14-19)20-15-17(2,3)21(4)5/h7-8,16,21H,6,9-15H2,1-5H3/b8-7+. The molecule has 0 aromatic heterocycles. The van der Waals surface area contributed by atoms with Gasteiger partial charge in [0, 0.05) is 20.7 Å². The maximum atomic E-state index is 6.54. The van der Waals surface area contributed by atoms with Crippen LogP contribution in [0.5, 0.6) is 0 Å². The van der Waals surface area contributed by atoms with Crippen LogP contribution >= 0.6 is 15.9 Å². The molecule has 0 amide bonds. The maximum Gasteiger partial charge on any atom is 0.0665 e. The minimum Gasteiger partial charge on any atom is -0.377 e. The van der Waals surface area contributed by atoms with Gasteiger partial charge in [0.15, 0.2) is 0 Å². The minimum absolute atomic E-state index is 0.397. The van der Waals surface area contributed by atoms with Crippen LogP contribution in [0.3, 0.4) is 0 Å². The van der Waals surface area contributed by atoms with Crippen LogP contribution in [0.2, 0.25) is 18.1 Å². The molecule has 21 heavy (non-hydrogen) atoms. The average molecular weight is 375 g/mol. The van der Waals surface area contributed by atoms with Crippen molar-refractivity contribution in [1.29, 1.82) is 0 Å². The fraction of sp³-hybridized carbons (Fsp3) is 0.889. The van der Waals surface area contributed by atoms with Crippen LogP contribution in [-0.2, 0) is 4.74 Å². The molecule has 0 radical (unpaired) electrons. The Morgan fingerprint density at radius 2 is 1.95 bits per heavy atom. The number of alkyl halides is 1. The van der Waals surface area contributed by atoms with Crippen LogP contribution in [-0.4, -0.2) is 26.8 Å². The fourth-order valence-corrected chi connectivity index (χ4v) is 3.82. The molecule has 1 saturated carbocycles. The predicted octanol–water partition coefficient (Wildman–Crippen LogP) is 5.95. The van der Waals surface area contributed by atoms with E-state index in [9.17, 15) is 0 Å². The Morgan fingerprint density at radius 3 is 2.38 bits per heavy atom. The van der Waals surface area contributed by atoms with Gasteiger partial charge in [-0.2, -0.15) is 0 Å². The topological polar surface area (TPSA) is 9.23 Å². The van der Waals surface area contributed by atoms with Gasteiger partial charge in [0.1, 0.15) is 0 Å². The monoisotopic (exact) mass is 374 g/mol. The molecule has 0 aromatic rings. The average Bonchev–Trinajstić information content (AvgIpc) is 2.38. The van der Waals surface area contributed by atoms with E-state index in [0.717, 1.165) is 18.4 Å². The van der Waals surface area contributed by atoms with E-state index in [0.29, 0.717) is 16.6 Å². The molecule has 1 rings (SSSR count). The van der Waals surface area contributed by atoms with Gasteiger partial charge >= 0.3 is 0 Å². The summed E-state index contributed by atoms with van der Waals surface area (Å²) in [5, 5.41) is 1.35. The normalized spacial score (nSPS) is 20.0. The molecule has 0 aromatic carbocycles. The largest absolute Gasteiger partial charge is 0.377 e. The van der Waals surface area contributed by atoms with Crippen molar-refractivity contribution in [2.45, 2.75) is 83.5 Å². The lowest BCUT2D eigenvalue weighted by molar-refractivity contribution is -0.0907. The first-order valence-corrected chi connectivity index (χ1v) is 12.7. The quantitative estimate of drug-likeness (QED) is 0.260. The zero-order valence-corrected chi connectivity index (χ0v) is 17.5. The molecule has 0 saturated heterocycles. The van der Waals surface area contributed by atoms with Crippen molar-refractivity contribution in [3.63, 3.8) is 0 Å². The molecule has 1 aliphatic carbocycles. The van der Waals surface area contributed by atoms with Crippen molar-refractivity contribution < 1.29 is 4.74 Å². The second-order valence-corrected chi connectivity index (χ2v) is 12.3. The summed E-state index contributed by atoms with van der Waals surface area (Å²) in [6.45, 7) is 12.9. The second-order valence-electron chi connectivity index (χ2n) is 7.77. The van der Waals surface area contributed by atoms with Crippen LogP contribution in [0.15, 0.2) is 12.2 Å². The summed E-state index contributed by atoms with van der Waals surface area (Å²) in [5.41, 5.74) is 0.472. The van der Waals surface area contributed by atoms with Crippen LogP contribution in [0.25, 0.3) is 0 Å². The van der Waals surface area contributed by atoms with Gasteiger partial charge in [-0.15, -0.1) is 0 Å². The highest BCUT2D eigenvalue weighted by Gasteiger charge is 2.43. The number of rotatable bonds is 10. The van der Waals surface area contributed by atoms with Gasteiger partial charge in [-0.1, -0.05) is 74.8 Å². The molecule has 1 aliphatic rings. The molecule has 3 heteroatoms. The lowest BCUT2D eigenvalue weighted by Gasteiger charge is -2.48. The molecule has 1 nitrogen and oxygen atoms in total. The summed E-state index contributed by atoms with van der Waals surface area (Å²) < 4.78 is 6.54. The van der Waals surface area contributed by atoms with E-state index in [1.807, 2.05) is 0 Å². The molecule has 1 fully saturated rings. The summed E-state index contributed by atoms with van der Waals surface area (Å²) >= 11 is 3.48. The predicted molar refractivity (Wildman–Crippen MR) is 101 cm³/mol. The van der Waals surface area contributed by atoms with Crippen molar-refractivity contribution in [3.8, 4) is 0 Å². The first-order valence-electron chi connectivity index (χ1n) is 8.70. The SMILES string of the molecule is CCCC1(C(C/C=C/CBr)OCC(C)(C)[SiH](C)C)CCC1. The van der Waals surface area contributed by atoms with Crippen molar-refractivity contribution in [2.24, 2.45) is 5.41 Å². The molecule has 1 unspecified atom stereocenters. The lowest BCUT2D eigenvalue weighted by Crippen LogP contribution is -2.44. The molecule has 0 spiro atoms. The van der Waals surface area contributed by atoms with E-state index in [2.05, 4.69) is 61.9 Å². The molecule has 0 bridgehead atoms. The molecule has 124 valence electrons. The van der Waals surface area contributed by atoms with E-state index in [-0.39, 0.29) is 0 Å². The number of halogens is 1. The highest BCUT2D eigenvalue weighted by Crippen LogP contribution is 2.50. The Balaban J connectivity index is 2.70. The Hall–Kier alpha value is 0.397. The number of hydrogen-bond acceptors (Lipinski definition) is 1. The molecular formula is C18H35BrOSi. The number of allylic oxidation sites excluding steroid dienone is 1. The summed E-state index contributed by atoms with van der Waals surface area (Å²) in [6, 6.07) is 0. The van der Waals surface area contributed by atoms with Gasteiger partial charge in [0.25, 0.3) is 0 Å². The smallest absolute Gasteiger partial charge is 0.0665 e.